The molecule has 0 spiro atoms. The predicted molar refractivity (Wildman–Crippen MR) is 153 cm³/mol. The lowest BCUT2D eigenvalue weighted by atomic mass is 9.89. The largest absolute Gasteiger partial charge is 0.378 e. The summed E-state index contributed by atoms with van der Waals surface area (Å²) in [6.45, 7) is 11.8. The fourth-order valence-electron chi connectivity index (χ4n) is 7.01. The van der Waals surface area contributed by atoms with Gasteiger partial charge in [0.05, 0.1) is 43.9 Å². The van der Waals surface area contributed by atoms with E-state index in [1.807, 2.05) is 6.92 Å². The van der Waals surface area contributed by atoms with Gasteiger partial charge in [-0.1, -0.05) is 19.8 Å². The molecule has 0 aromatic rings. The standard InChI is InChI=1S/C29H49F2N7O2/c1-4-22-14-19(2)7-8-21(30)6-5-9-38(22)20(3)26(28(32)33)29(39)35-25-16-34-15-24(31)27(25)37-11-10-36-12-13-40-18-23(36)17-37/h8,19-20,22-28,34H,4,7,9-18,32-33H2,1-3H3,(H,35,39)/b21-8+/t19?,20?,22?,23-,24?,25?,26?,27?/m1/s1. The highest BCUT2D eigenvalue weighted by molar-refractivity contribution is 5.80. The molecule has 0 aromatic heterocycles. The van der Waals surface area contributed by atoms with E-state index in [4.69, 9.17) is 16.2 Å². The fourth-order valence-corrected chi connectivity index (χ4v) is 7.01. The number of fused-ring (bicyclic) bond motifs is 1. The molecule has 3 fully saturated rings. The van der Waals surface area contributed by atoms with Gasteiger partial charge in [-0.15, -0.1) is 0 Å². The molecule has 11 heteroatoms. The molecule has 4 aliphatic rings. The second-order valence-electron chi connectivity index (χ2n) is 12.0. The molecule has 40 heavy (non-hydrogen) atoms. The van der Waals surface area contributed by atoms with Crippen molar-refractivity contribution in [3.05, 3.63) is 11.9 Å². The number of carbonyl (C=O) groups excluding carboxylic acids is 1. The summed E-state index contributed by atoms with van der Waals surface area (Å²) in [6.07, 6.45) is 1.82. The van der Waals surface area contributed by atoms with E-state index >= 15 is 4.39 Å². The number of ether oxygens (including phenoxy) is 1. The van der Waals surface area contributed by atoms with E-state index in [1.165, 1.54) is 0 Å². The molecule has 0 radical (unpaired) electrons. The Bertz CT molecular complexity index is 941. The molecule has 0 aliphatic carbocycles. The van der Waals surface area contributed by atoms with Gasteiger partial charge >= 0.3 is 0 Å². The van der Waals surface area contributed by atoms with Crippen molar-refractivity contribution >= 4 is 5.91 Å². The van der Waals surface area contributed by atoms with Gasteiger partial charge in [0.15, 0.2) is 5.83 Å². The van der Waals surface area contributed by atoms with E-state index in [0.717, 1.165) is 39.1 Å². The van der Waals surface area contributed by atoms with E-state index < -0.39 is 36.2 Å². The average Bonchev–Trinajstić information content (AvgIpc) is 2.92. The lowest BCUT2D eigenvalue weighted by molar-refractivity contribution is -0.130. The third-order valence-corrected chi connectivity index (χ3v) is 9.25. The number of morpholine rings is 1. The molecule has 3 saturated heterocycles. The lowest BCUT2D eigenvalue weighted by Crippen LogP contribution is -2.70. The molecule has 0 saturated carbocycles. The van der Waals surface area contributed by atoms with Crippen molar-refractivity contribution in [2.45, 2.75) is 82.6 Å². The summed E-state index contributed by atoms with van der Waals surface area (Å²) in [4.78, 5) is 20.6. The molecule has 6 N–H and O–H groups in total. The Kier molecular flexibility index (Phi) is 11.3. The van der Waals surface area contributed by atoms with Crippen LogP contribution >= 0.6 is 0 Å². The average molecular weight is 566 g/mol. The van der Waals surface area contributed by atoms with Crippen LogP contribution < -0.4 is 22.1 Å². The topological polar surface area (TPSA) is 112 Å². The van der Waals surface area contributed by atoms with Crippen molar-refractivity contribution in [3.8, 4) is 11.8 Å². The number of hydrogen-bond acceptors (Lipinski definition) is 8. The molecular formula is C29H49F2N7O2. The third-order valence-electron chi connectivity index (χ3n) is 9.25. The quantitative estimate of drug-likeness (QED) is 0.260. The minimum atomic E-state index is -1.12. The van der Waals surface area contributed by atoms with E-state index in [-0.39, 0.29) is 36.5 Å². The number of piperidine rings is 1. The van der Waals surface area contributed by atoms with Crippen LogP contribution in [0.3, 0.4) is 0 Å². The van der Waals surface area contributed by atoms with Gasteiger partial charge in [0.1, 0.15) is 6.17 Å². The number of alkyl halides is 1. The van der Waals surface area contributed by atoms with Crippen molar-refractivity contribution in [1.29, 1.82) is 0 Å². The van der Waals surface area contributed by atoms with Crippen LogP contribution in [0.2, 0.25) is 0 Å². The molecule has 7 unspecified atom stereocenters. The van der Waals surface area contributed by atoms with Crippen LogP contribution in [0.4, 0.5) is 8.78 Å². The zero-order chi connectivity index (χ0) is 28.8. The van der Waals surface area contributed by atoms with Crippen LogP contribution in [-0.2, 0) is 9.53 Å². The Labute approximate surface area is 238 Å². The van der Waals surface area contributed by atoms with Crippen LogP contribution in [0.15, 0.2) is 11.9 Å². The molecule has 1 amide bonds. The van der Waals surface area contributed by atoms with Gasteiger partial charge in [-0.2, -0.15) is 4.39 Å². The van der Waals surface area contributed by atoms with Crippen molar-refractivity contribution in [2.75, 3.05) is 59.0 Å². The van der Waals surface area contributed by atoms with Crippen molar-refractivity contribution < 1.29 is 18.3 Å². The Morgan fingerprint density at radius 3 is 2.80 bits per heavy atom. The Morgan fingerprint density at radius 2 is 2.05 bits per heavy atom. The van der Waals surface area contributed by atoms with Gasteiger partial charge in [-0.3, -0.25) is 19.5 Å². The Morgan fingerprint density at radius 1 is 1.27 bits per heavy atom. The lowest BCUT2D eigenvalue weighted by Gasteiger charge is -2.50. The summed E-state index contributed by atoms with van der Waals surface area (Å²) in [6, 6.07) is -0.854. The van der Waals surface area contributed by atoms with Crippen LogP contribution in [0, 0.1) is 23.7 Å². The molecule has 226 valence electrons. The molecule has 4 rings (SSSR count). The summed E-state index contributed by atoms with van der Waals surface area (Å²) in [5, 5.41) is 6.30. The minimum Gasteiger partial charge on any atom is -0.378 e. The highest BCUT2D eigenvalue weighted by atomic mass is 19.1. The first-order chi connectivity index (χ1) is 19.2. The zero-order valence-electron chi connectivity index (χ0n) is 24.3. The summed E-state index contributed by atoms with van der Waals surface area (Å²) in [5.74, 6) is 4.35. The third kappa shape index (κ3) is 7.59. The first-order valence-corrected chi connectivity index (χ1v) is 15.0. The maximum Gasteiger partial charge on any atom is 0.227 e. The number of allylic oxidation sites excluding steroid dienone is 2. The number of rotatable bonds is 7. The number of hydrogen-bond donors (Lipinski definition) is 4. The van der Waals surface area contributed by atoms with Gasteiger partial charge in [0, 0.05) is 57.4 Å². The van der Waals surface area contributed by atoms with E-state index in [9.17, 15) is 9.18 Å². The highest BCUT2D eigenvalue weighted by Gasteiger charge is 2.44. The fraction of sp³-hybridized carbons (Fsp3) is 0.828. The molecule has 4 aliphatic heterocycles. The number of nitrogens with zero attached hydrogens (tertiary/aromatic N) is 3. The van der Waals surface area contributed by atoms with Crippen molar-refractivity contribution in [3.63, 3.8) is 0 Å². The first-order valence-electron chi connectivity index (χ1n) is 15.0. The number of nitrogens with one attached hydrogen (secondary N) is 2. The molecule has 4 heterocycles. The second kappa shape index (κ2) is 14.5. The number of nitrogens with two attached hydrogens (primary N) is 2. The smallest absolute Gasteiger partial charge is 0.227 e. The van der Waals surface area contributed by atoms with Crippen molar-refractivity contribution in [1.82, 2.24) is 25.3 Å². The second-order valence-corrected chi connectivity index (χ2v) is 12.0. The predicted octanol–water partition coefficient (Wildman–Crippen LogP) is 0.413. The molecule has 0 aromatic carbocycles. The molecule has 8 atom stereocenters. The highest BCUT2D eigenvalue weighted by Crippen LogP contribution is 2.26. The van der Waals surface area contributed by atoms with Crippen LogP contribution in [0.5, 0.6) is 0 Å². The van der Waals surface area contributed by atoms with E-state index in [0.29, 0.717) is 32.7 Å². The van der Waals surface area contributed by atoms with Gasteiger partial charge in [-0.25, -0.2) is 4.39 Å². The number of piperazine rings is 1. The number of halogens is 2. The zero-order valence-corrected chi connectivity index (χ0v) is 24.3. The maximum absolute atomic E-state index is 15.5. The summed E-state index contributed by atoms with van der Waals surface area (Å²) >= 11 is 0. The van der Waals surface area contributed by atoms with Gasteiger partial charge in [-0.05, 0) is 44.1 Å². The summed E-state index contributed by atoms with van der Waals surface area (Å²) in [7, 11) is 0. The summed E-state index contributed by atoms with van der Waals surface area (Å²) in [5.41, 5.74) is 12.5. The van der Waals surface area contributed by atoms with E-state index in [1.54, 1.807) is 6.08 Å². The number of carbonyl (C=O) groups is 1. The van der Waals surface area contributed by atoms with E-state index in [2.05, 4.69) is 51.0 Å². The van der Waals surface area contributed by atoms with Gasteiger partial charge in [0.2, 0.25) is 5.91 Å². The van der Waals surface area contributed by atoms with Crippen LogP contribution in [0.25, 0.3) is 0 Å². The van der Waals surface area contributed by atoms with Crippen molar-refractivity contribution in [2.24, 2.45) is 23.3 Å². The van der Waals surface area contributed by atoms with Gasteiger partial charge < -0.3 is 26.8 Å². The summed E-state index contributed by atoms with van der Waals surface area (Å²) < 4.78 is 35.3. The molecule has 0 bridgehead atoms. The monoisotopic (exact) mass is 565 g/mol. The number of amides is 1. The van der Waals surface area contributed by atoms with Crippen LogP contribution in [0.1, 0.15) is 40.0 Å². The Hall–Kier alpha value is -1.65. The van der Waals surface area contributed by atoms with Crippen LogP contribution in [-0.4, -0.2) is 122 Å². The first kappa shape index (κ1) is 31.3. The normalized spacial score (nSPS) is 36.0. The molecular weight excluding hydrogens is 516 g/mol. The Balaban J connectivity index is 1.50. The molecule has 9 nitrogen and oxygen atoms in total. The SMILES string of the molecule is CCC1CC(C)C/C=C(/F)C#CCN1C(C)C(C(=O)NC1CNCC(F)C1N1CCN2CCOC[C@H]2C1)C(N)N. The minimum absolute atomic E-state index is 0.135. The maximum atomic E-state index is 15.5. The van der Waals surface area contributed by atoms with Gasteiger partial charge in [0.25, 0.3) is 0 Å².